The second-order valence-electron chi connectivity index (χ2n) is 4.52. The molecule has 0 spiro atoms. The van der Waals surface area contributed by atoms with Gasteiger partial charge < -0.3 is 9.73 Å². The van der Waals surface area contributed by atoms with Gasteiger partial charge in [-0.1, -0.05) is 12.1 Å². The Morgan fingerprint density at radius 3 is 2.76 bits per heavy atom. The first kappa shape index (κ1) is 13.1. The summed E-state index contributed by atoms with van der Waals surface area (Å²) in [6.07, 6.45) is 3.39. The first-order valence-corrected chi connectivity index (χ1v) is 6.52. The van der Waals surface area contributed by atoms with E-state index >= 15 is 0 Å². The number of amides is 1. The van der Waals surface area contributed by atoms with Gasteiger partial charge in [-0.05, 0) is 24.3 Å². The highest BCUT2D eigenvalue weighted by Gasteiger charge is 2.10. The number of hydrogen-bond donors (Lipinski definition) is 1. The number of nitrogens with one attached hydrogen (secondary N) is 1. The lowest BCUT2D eigenvalue weighted by molar-refractivity contribution is -0.116. The fourth-order valence-corrected chi connectivity index (χ4v) is 2.10. The van der Waals surface area contributed by atoms with Crippen LogP contribution in [0.1, 0.15) is 6.42 Å². The monoisotopic (exact) mass is 283 g/mol. The van der Waals surface area contributed by atoms with Crippen molar-refractivity contribution in [2.45, 2.75) is 13.0 Å². The molecule has 0 radical (unpaired) electrons. The molecule has 0 aliphatic heterocycles. The molecule has 2 heterocycles. The van der Waals surface area contributed by atoms with Gasteiger partial charge in [0.15, 0.2) is 5.58 Å². The topological polar surface area (TPSA) is 77.1 Å². The molecule has 21 heavy (non-hydrogen) atoms. The molecular formula is C15H13N3O3. The summed E-state index contributed by atoms with van der Waals surface area (Å²) in [4.78, 5) is 27.5. The average Bonchev–Trinajstić information content (AvgIpc) is 2.81. The van der Waals surface area contributed by atoms with E-state index in [-0.39, 0.29) is 18.9 Å². The summed E-state index contributed by atoms with van der Waals surface area (Å²) in [5.74, 6) is -0.619. The molecule has 0 saturated heterocycles. The van der Waals surface area contributed by atoms with Crippen molar-refractivity contribution < 1.29 is 9.21 Å². The number of rotatable bonds is 4. The minimum atomic E-state index is -0.451. The van der Waals surface area contributed by atoms with Crippen LogP contribution in [0.15, 0.2) is 58.0 Å². The molecule has 0 unspecified atom stereocenters. The van der Waals surface area contributed by atoms with Crippen LogP contribution in [0.5, 0.6) is 0 Å². The van der Waals surface area contributed by atoms with Crippen molar-refractivity contribution in [3.63, 3.8) is 0 Å². The van der Waals surface area contributed by atoms with Gasteiger partial charge in [0.25, 0.3) is 0 Å². The van der Waals surface area contributed by atoms with Crippen molar-refractivity contribution >= 4 is 22.7 Å². The summed E-state index contributed by atoms with van der Waals surface area (Å²) in [6.45, 7) is 0.271. The summed E-state index contributed by atoms with van der Waals surface area (Å²) < 4.78 is 6.58. The summed E-state index contributed by atoms with van der Waals surface area (Å²) in [7, 11) is 0. The second-order valence-corrected chi connectivity index (χ2v) is 4.52. The number of para-hydroxylation sites is 2. The third-order valence-corrected chi connectivity index (χ3v) is 3.10. The number of oxazole rings is 1. The third-order valence-electron chi connectivity index (χ3n) is 3.10. The summed E-state index contributed by atoms with van der Waals surface area (Å²) in [6, 6.07) is 10.6. The Morgan fingerprint density at radius 2 is 1.95 bits per heavy atom. The van der Waals surface area contributed by atoms with E-state index in [1.807, 2.05) is 6.07 Å². The highest BCUT2D eigenvalue weighted by atomic mass is 16.4. The van der Waals surface area contributed by atoms with Gasteiger partial charge >= 0.3 is 5.76 Å². The van der Waals surface area contributed by atoms with Gasteiger partial charge in [-0.3, -0.25) is 14.3 Å². The largest absolute Gasteiger partial charge is 0.419 e. The Hall–Kier alpha value is -2.89. The van der Waals surface area contributed by atoms with E-state index in [9.17, 15) is 9.59 Å². The molecular weight excluding hydrogens is 270 g/mol. The maximum atomic E-state index is 11.9. The van der Waals surface area contributed by atoms with Gasteiger partial charge in [-0.15, -0.1) is 0 Å². The number of fused-ring (bicyclic) bond motifs is 1. The zero-order valence-electron chi connectivity index (χ0n) is 11.2. The second kappa shape index (κ2) is 5.62. The number of aromatic nitrogens is 2. The number of nitrogens with zero attached hydrogens (tertiary/aromatic N) is 2. The van der Waals surface area contributed by atoms with E-state index in [1.54, 1.807) is 42.7 Å². The molecule has 0 atom stereocenters. The predicted octanol–water partition coefficient (Wildman–Crippen LogP) is 2.02. The lowest BCUT2D eigenvalue weighted by Crippen LogP contribution is -2.19. The van der Waals surface area contributed by atoms with Crippen LogP contribution in [0.4, 0.5) is 5.69 Å². The molecule has 0 aliphatic rings. The van der Waals surface area contributed by atoms with Crippen LogP contribution in [0.3, 0.4) is 0 Å². The number of benzene rings is 1. The quantitative estimate of drug-likeness (QED) is 0.794. The maximum Gasteiger partial charge on any atom is 0.419 e. The molecule has 6 heteroatoms. The summed E-state index contributed by atoms with van der Waals surface area (Å²) in [5.41, 5.74) is 1.90. The van der Waals surface area contributed by atoms with Crippen molar-refractivity contribution in [1.29, 1.82) is 0 Å². The molecule has 1 aromatic carbocycles. The van der Waals surface area contributed by atoms with Crippen molar-refractivity contribution in [1.82, 2.24) is 9.55 Å². The van der Waals surface area contributed by atoms with Gasteiger partial charge in [-0.2, -0.15) is 0 Å². The van der Waals surface area contributed by atoms with Crippen LogP contribution in [0.25, 0.3) is 11.1 Å². The van der Waals surface area contributed by atoms with Crippen molar-refractivity contribution in [2.24, 2.45) is 0 Å². The van der Waals surface area contributed by atoms with E-state index in [1.165, 1.54) is 4.57 Å². The lowest BCUT2D eigenvalue weighted by Gasteiger charge is -2.05. The fraction of sp³-hybridized carbons (Fsp3) is 0.133. The van der Waals surface area contributed by atoms with E-state index in [0.29, 0.717) is 16.8 Å². The number of aryl methyl sites for hydroxylation is 1. The number of hydrogen-bond acceptors (Lipinski definition) is 4. The normalized spacial score (nSPS) is 10.7. The minimum Gasteiger partial charge on any atom is -0.408 e. The smallest absolute Gasteiger partial charge is 0.408 e. The molecule has 0 bridgehead atoms. The Labute approximate surface area is 120 Å². The molecule has 106 valence electrons. The number of carbonyl (C=O) groups excluding carboxylic acids is 1. The van der Waals surface area contributed by atoms with Gasteiger partial charge in [0.05, 0.1) is 5.52 Å². The van der Waals surface area contributed by atoms with Crippen LogP contribution in [-0.4, -0.2) is 15.5 Å². The predicted molar refractivity (Wildman–Crippen MR) is 78.0 cm³/mol. The molecule has 6 nitrogen and oxygen atoms in total. The zero-order chi connectivity index (χ0) is 14.7. The molecule has 1 N–H and O–H groups in total. The van der Waals surface area contributed by atoms with Crippen molar-refractivity contribution in [3.05, 3.63) is 59.3 Å². The molecule has 2 aromatic heterocycles. The van der Waals surface area contributed by atoms with Gasteiger partial charge in [-0.25, -0.2) is 4.79 Å². The first-order valence-electron chi connectivity index (χ1n) is 6.52. The SMILES string of the molecule is O=C(CCn1c(=O)oc2ccccc21)Nc1ccncc1. The van der Waals surface area contributed by atoms with Crippen LogP contribution < -0.4 is 11.1 Å². The minimum absolute atomic E-state index is 0.168. The molecule has 1 amide bonds. The van der Waals surface area contributed by atoms with Gasteiger partial charge in [0.1, 0.15) is 0 Å². The van der Waals surface area contributed by atoms with E-state index < -0.39 is 5.76 Å². The van der Waals surface area contributed by atoms with Gasteiger partial charge in [0.2, 0.25) is 5.91 Å². The van der Waals surface area contributed by atoms with Crippen molar-refractivity contribution in [3.8, 4) is 0 Å². The highest BCUT2D eigenvalue weighted by molar-refractivity contribution is 5.90. The zero-order valence-corrected chi connectivity index (χ0v) is 11.2. The molecule has 0 aliphatic carbocycles. The number of anilines is 1. The lowest BCUT2D eigenvalue weighted by atomic mass is 10.3. The van der Waals surface area contributed by atoms with E-state index in [4.69, 9.17) is 4.42 Å². The fourth-order valence-electron chi connectivity index (χ4n) is 2.10. The molecule has 0 saturated carbocycles. The maximum absolute atomic E-state index is 11.9. The summed E-state index contributed by atoms with van der Waals surface area (Å²) in [5, 5.41) is 2.75. The number of pyridine rings is 1. The van der Waals surface area contributed by atoms with Crippen LogP contribution in [-0.2, 0) is 11.3 Å². The van der Waals surface area contributed by atoms with Crippen LogP contribution >= 0.6 is 0 Å². The standard InChI is InChI=1S/C15H13N3O3/c19-14(17-11-5-8-16-9-6-11)7-10-18-12-3-1-2-4-13(12)21-15(18)20/h1-6,8-9H,7,10H2,(H,16,17,19). The highest BCUT2D eigenvalue weighted by Crippen LogP contribution is 2.12. The first-order chi connectivity index (χ1) is 10.2. The summed E-state index contributed by atoms with van der Waals surface area (Å²) >= 11 is 0. The molecule has 3 aromatic rings. The Balaban J connectivity index is 1.71. The third kappa shape index (κ3) is 2.84. The average molecular weight is 283 g/mol. The van der Waals surface area contributed by atoms with Crippen LogP contribution in [0, 0.1) is 0 Å². The Kier molecular flexibility index (Phi) is 3.51. The van der Waals surface area contributed by atoms with E-state index in [2.05, 4.69) is 10.3 Å². The Bertz CT molecular complexity index is 821. The van der Waals surface area contributed by atoms with Crippen molar-refractivity contribution in [2.75, 3.05) is 5.32 Å². The Morgan fingerprint density at radius 1 is 1.19 bits per heavy atom. The van der Waals surface area contributed by atoms with Gasteiger partial charge in [0, 0.05) is 31.0 Å². The molecule has 3 rings (SSSR count). The van der Waals surface area contributed by atoms with Crippen LogP contribution in [0.2, 0.25) is 0 Å². The number of carbonyl (C=O) groups is 1. The molecule has 0 fully saturated rings. The van der Waals surface area contributed by atoms with E-state index in [0.717, 1.165) is 0 Å².